The number of amides is 1. The first-order valence-corrected chi connectivity index (χ1v) is 6.74. The van der Waals surface area contributed by atoms with E-state index in [0.717, 1.165) is 13.0 Å². The van der Waals surface area contributed by atoms with E-state index in [9.17, 15) is 4.79 Å². The molecule has 6 heteroatoms. The molecule has 4 nitrogen and oxygen atoms in total. The number of benzene rings is 1. The summed E-state index contributed by atoms with van der Waals surface area (Å²) in [4.78, 5) is 11.5. The number of aryl methyl sites for hydroxylation is 1. The topological polar surface area (TPSA) is 60.1 Å². The molecule has 0 aliphatic rings. The Hall–Kier alpha value is -1.23. The van der Waals surface area contributed by atoms with Gasteiger partial charge in [0.2, 0.25) is 5.91 Å². The maximum atomic E-state index is 11.5. The third kappa shape index (κ3) is 5.23. The summed E-state index contributed by atoms with van der Waals surface area (Å²) in [6.45, 7) is 3.84. The Bertz CT molecular complexity index is 557. The predicted octanol–water partition coefficient (Wildman–Crippen LogP) is 2.59. The van der Waals surface area contributed by atoms with E-state index in [4.69, 9.17) is 5.73 Å². The van der Waals surface area contributed by atoms with Crippen LogP contribution in [0.2, 0.25) is 0 Å². The van der Waals surface area contributed by atoms with E-state index in [2.05, 4.69) is 34.3 Å². The average Bonchev–Trinajstić information content (AvgIpc) is 2.86. The van der Waals surface area contributed by atoms with Crippen molar-refractivity contribution in [1.82, 2.24) is 9.88 Å². The highest BCUT2D eigenvalue weighted by Crippen LogP contribution is 2.15. The van der Waals surface area contributed by atoms with E-state index in [-0.39, 0.29) is 36.6 Å². The highest BCUT2D eigenvalue weighted by atomic mass is 35.5. The third-order valence-electron chi connectivity index (χ3n) is 3.36. The maximum Gasteiger partial charge on any atom is 0.224 e. The number of carbonyl (C=O) groups is 1. The minimum absolute atomic E-state index is 0. The van der Waals surface area contributed by atoms with Gasteiger partial charge >= 0.3 is 0 Å². The van der Waals surface area contributed by atoms with Crippen molar-refractivity contribution < 1.29 is 4.79 Å². The lowest BCUT2D eigenvalue weighted by Gasteiger charge is -2.10. The molecule has 2 rings (SSSR count). The van der Waals surface area contributed by atoms with Gasteiger partial charge in [-0.1, -0.05) is 25.1 Å². The van der Waals surface area contributed by atoms with Crippen LogP contribution in [-0.4, -0.2) is 23.6 Å². The molecule has 0 saturated heterocycles. The van der Waals surface area contributed by atoms with Crippen LogP contribution in [0.5, 0.6) is 0 Å². The molecule has 1 atom stereocenters. The van der Waals surface area contributed by atoms with Crippen LogP contribution in [0.1, 0.15) is 13.3 Å². The number of rotatable bonds is 6. The zero-order chi connectivity index (χ0) is 13.7. The first kappa shape index (κ1) is 19.8. The van der Waals surface area contributed by atoms with E-state index >= 15 is 0 Å². The average molecular weight is 332 g/mol. The van der Waals surface area contributed by atoms with Crippen molar-refractivity contribution in [1.29, 1.82) is 0 Å². The van der Waals surface area contributed by atoms with Crippen molar-refractivity contribution in [2.24, 2.45) is 11.7 Å². The third-order valence-corrected chi connectivity index (χ3v) is 3.36. The van der Waals surface area contributed by atoms with Crippen LogP contribution in [0.15, 0.2) is 36.5 Å². The van der Waals surface area contributed by atoms with Crippen LogP contribution in [0.3, 0.4) is 0 Å². The van der Waals surface area contributed by atoms with E-state index in [1.54, 1.807) is 0 Å². The number of nitrogens with zero attached hydrogens (tertiary/aromatic N) is 1. The van der Waals surface area contributed by atoms with Crippen LogP contribution >= 0.6 is 24.8 Å². The molecule has 21 heavy (non-hydrogen) atoms. The lowest BCUT2D eigenvalue weighted by atomic mass is 10.2. The minimum atomic E-state index is -0.104. The summed E-state index contributed by atoms with van der Waals surface area (Å²) < 4.78 is 2.22. The predicted molar refractivity (Wildman–Crippen MR) is 92.3 cm³/mol. The fourth-order valence-corrected chi connectivity index (χ4v) is 2.08. The van der Waals surface area contributed by atoms with Crippen molar-refractivity contribution >= 4 is 41.6 Å². The molecular weight excluding hydrogens is 309 g/mol. The zero-order valence-electron chi connectivity index (χ0n) is 12.1. The van der Waals surface area contributed by atoms with Crippen molar-refractivity contribution in [3.8, 4) is 0 Å². The highest BCUT2D eigenvalue weighted by Gasteiger charge is 2.09. The normalized spacial score (nSPS) is 11.3. The number of carbonyl (C=O) groups excluding carboxylic acids is 1. The Morgan fingerprint density at radius 1 is 1.29 bits per heavy atom. The quantitative estimate of drug-likeness (QED) is 0.799. The van der Waals surface area contributed by atoms with E-state index < -0.39 is 0 Å². The van der Waals surface area contributed by atoms with E-state index in [1.165, 1.54) is 10.9 Å². The van der Waals surface area contributed by atoms with Gasteiger partial charge in [-0.05, 0) is 23.9 Å². The summed E-state index contributed by atoms with van der Waals surface area (Å²) >= 11 is 0. The number of fused-ring (bicyclic) bond motifs is 1. The van der Waals surface area contributed by atoms with E-state index in [0.29, 0.717) is 13.1 Å². The van der Waals surface area contributed by atoms with Crippen LogP contribution in [0.25, 0.3) is 10.9 Å². The number of hydrogen-bond acceptors (Lipinski definition) is 2. The second-order valence-electron chi connectivity index (χ2n) is 4.85. The molecular formula is C15H23Cl2N3O. The molecule has 1 aromatic heterocycles. The van der Waals surface area contributed by atoms with Gasteiger partial charge in [0.25, 0.3) is 0 Å². The standard InChI is InChI=1S/C15H21N3O.2ClH/c1-12(11-16)15(19)17-8-4-9-18-10-7-13-5-2-3-6-14(13)18;;/h2-3,5-7,10,12H,4,8-9,11,16H2,1H3,(H,17,19);2*1H. The Morgan fingerprint density at radius 3 is 2.71 bits per heavy atom. The van der Waals surface area contributed by atoms with Gasteiger partial charge in [0.15, 0.2) is 0 Å². The Kier molecular flexibility index (Phi) is 9.09. The van der Waals surface area contributed by atoms with Crippen LogP contribution in [0.4, 0.5) is 0 Å². The number of nitrogens with two attached hydrogens (primary N) is 1. The van der Waals surface area contributed by atoms with Crippen molar-refractivity contribution in [2.45, 2.75) is 19.9 Å². The number of para-hydroxylation sites is 1. The summed E-state index contributed by atoms with van der Waals surface area (Å²) in [5.41, 5.74) is 6.69. The van der Waals surface area contributed by atoms with Crippen molar-refractivity contribution in [3.63, 3.8) is 0 Å². The number of halogens is 2. The van der Waals surface area contributed by atoms with Gasteiger partial charge in [-0.3, -0.25) is 4.79 Å². The SMILES string of the molecule is CC(CN)C(=O)NCCCn1ccc2ccccc21.Cl.Cl. The molecule has 0 aliphatic carbocycles. The molecule has 0 radical (unpaired) electrons. The first-order valence-electron chi connectivity index (χ1n) is 6.74. The largest absolute Gasteiger partial charge is 0.356 e. The van der Waals surface area contributed by atoms with Crippen LogP contribution < -0.4 is 11.1 Å². The molecule has 0 fully saturated rings. The van der Waals surface area contributed by atoms with Crippen LogP contribution in [0, 0.1) is 5.92 Å². The van der Waals surface area contributed by atoms with Gasteiger partial charge in [-0.25, -0.2) is 0 Å². The second kappa shape index (κ2) is 9.66. The summed E-state index contributed by atoms with van der Waals surface area (Å²) in [6, 6.07) is 10.4. The smallest absolute Gasteiger partial charge is 0.224 e. The van der Waals surface area contributed by atoms with Crippen molar-refractivity contribution in [3.05, 3.63) is 36.5 Å². The van der Waals surface area contributed by atoms with Crippen molar-refractivity contribution in [2.75, 3.05) is 13.1 Å². The molecule has 1 heterocycles. The second-order valence-corrected chi connectivity index (χ2v) is 4.85. The first-order chi connectivity index (χ1) is 9.22. The molecule has 0 spiro atoms. The molecule has 0 aliphatic heterocycles. The Balaban J connectivity index is 0.00000200. The summed E-state index contributed by atoms with van der Waals surface area (Å²) in [5.74, 6) is -0.0627. The minimum Gasteiger partial charge on any atom is -0.356 e. The van der Waals surface area contributed by atoms with E-state index in [1.807, 2.05) is 19.1 Å². The summed E-state index contributed by atoms with van der Waals surface area (Å²) in [5, 5.41) is 4.16. The fourth-order valence-electron chi connectivity index (χ4n) is 2.08. The number of nitrogens with one attached hydrogen (secondary N) is 1. The van der Waals surface area contributed by atoms with Crippen LogP contribution in [-0.2, 0) is 11.3 Å². The number of aromatic nitrogens is 1. The molecule has 1 amide bonds. The number of hydrogen-bond donors (Lipinski definition) is 2. The highest BCUT2D eigenvalue weighted by molar-refractivity contribution is 5.85. The monoisotopic (exact) mass is 331 g/mol. The van der Waals surface area contributed by atoms with Gasteiger partial charge in [0, 0.05) is 37.3 Å². The maximum absolute atomic E-state index is 11.5. The Labute approximate surface area is 137 Å². The molecule has 1 aromatic carbocycles. The molecule has 118 valence electrons. The van der Waals surface area contributed by atoms with Gasteiger partial charge in [0.1, 0.15) is 0 Å². The van der Waals surface area contributed by atoms with Gasteiger partial charge in [-0.2, -0.15) is 0 Å². The lowest BCUT2D eigenvalue weighted by molar-refractivity contribution is -0.124. The molecule has 0 bridgehead atoms. The fraction of sp³-hybridized carbons (Fsp3) is 0.400. The molecule has 3 N–H and O–H groups in total. The van der Waals surface area contributed by atoms with Gasteiger partial charge in [0.05, 0.1) is 0 Å². The lowest BCUT2D eigenvalue weighted by Crippen LogP contribution is -2.34. The Morgan fingerprint density at radius 2 is 2.00 bits per heavy atom. The molecule has 1 unspecified atom stereocenters. The van der Waals surface area contributed by atoms with Gasteiger partial charge < -0.3 is 15.6 Å². The molecule has 2 aromatic rings. The zero-order valence-corrected chi connectivity index (χ0v) is 13.8. The van der Waals surface area contributed by atoms with Gasteiger partial charge in [-0.15, -0.1) is 24.8 Å². The summed E-state index contributed by atoms with van der Waals surface area (Å²) in [7, 11) is 0. The summed E-state index contributed by atoms with van der Waals surface area (Å²) in [6.07, 6.45) is 3.01. The molecule has 0 saturated carbocycles.